The van der Waals surface area contributed by atoms with Gasteiger partial charge < -0.3 is 15.5 Å². The minimum atomic E-state index is -1.31. The number of benzene rings is 2. The highest BCUT2D eigenvalue weighted by Gasteiger charge is 2.16. The van der Waals surface area contributed by atoms with Gasteiger partial charge in [-0.2, -0.15) is 0 Å². The summed E-state index contributed by atoms with van der Waals surface area (Å²) >= 11 is 3.12. The third-order valence-corrected chi connectivity index (χ3v) is 3.35. The molecule has 0 aliphatic rings. The lowest BCUT2D eigenvalue weighted by Crippen LogP contribution is -2.15. The van der Waals surface area contributed by atoms with Gasteiger partial charge in [0.1, 0.15) is 11.6 Å². The van der Waals surface area contributed by atoms with Crippen molar-refractivity contribution in [3.63, 3.8) is 0 Å². The zero-order valence-electron chi connectivity index (χ0n) is 10.4. The molecule has 0 unspecified atom stereocenters. The van der Waals surface area contributed by atoms with Gasteiger partial charge in [0, 0.05) is 4.47 Å². The van der Waals surface area contributed by atoms with Gasteiger partial charge in [0.05, 0.1) is 16.8 Å². The van der Waals surface area contributed by atoms with Crippen molar-refractivity contribution in [1.82, 2.24) is 0 Å². The molecular formula is C14H9BrFNO4. The molecule has 7 heteroatoms. The summed E-state index contributed by atoms with van der Waals surface area (Å²) in [7, 11) is 0. The van der Waals surface area contributed by atoms with Gasteiger partial charge in [-0.05, 0) is 52.3 Å². The second kappa shape index (κ2) is 5.92. The fourth-order valence-electron chi connectivity index (χ4n) is 1.68. The second-order valence-corrected chi connectivity index (χ2v) is 4.97. The number of rotatable bonds is 3. The highest BCUT2D eigenvalue weighted by atomic mass is 79.9. The van der Waals surface area contributed by atoms with Crippen molar-refractivity contribution in [2.45, 2.75) is 0 Å². The normalized spacial score (nSPS) is 10.2. The number of halogens is 2. The number of carboxylic acid groups (broad SMARTS) is 1. The summed E-state index contributed by atoms with van der Waals surface area (Å²) in [6.07, 6.45) is 0. The standard InChI is InChI=1S/C14H9BrFNO4/c15-11-3-1-7(16)5-9(11)13(19)17-12-4-2-8(18)6-10(12)14(20)21/h1-6,18H,(H,17,19)(H,20,21). The van der Waals surface area contributed by atoms with E-state index in [0.717, 1.165) is 12.1 Å². The smallest absolute Gasteiger partial charge is 0.337 e. The molecule has 108 valence electrons. The predicted octanol–water partition coefficient (Wildman–Crippen LogP) is 3.24. The van der Waals surface area contributed by atoms with Crippen LogP contribution in [0.15, 0.2) is 40.9 Å². The molecular weight excluding hydrogens is 345 g/mol. The Labute approximate surface area is 127 Å². The van der Waals surface area contributed by atoms with Crippen LogP contribution in [0, 0.1) is 5.82 Å². The number of phenols is 1. The lowest BCUT2D eigenvalue weighted by molar-refractivity contribution is 0.0697. The summed E-state index contributed by atoms with van der Waals surface area (Å²) in [4.78, 5) is 23.2. The van der Waals surface area contributed by atoms with E-state index in [2.05, 4.69) is 21.2 Å². The van der Waals surface area contributed by atoms with E-state index in [1.54, 1.807) is 0 Å². The maximum Gasteiger partial charge on any atom is 0.337 e. The van der Waals surface area contributed by atoms with Crippen LogP contribution in [-0.2, 0) is 0 Å². The lowest BCUT2D eigenvalue weighted by atomic mass is 10.1. The molecule has 0 atom stereocenters. The maximum absolute atomic E-state index is 13.2. The number of phenolic OH excluding ortho intramolecular Hbond substituents is 1. The fraction of sp³-hybridized carbons (Fsp3) is 0. The minimum absolute atomic E-state index is 0.00135. The quantitative estimate of drug-likeness (QED) is 0.739. The molecule has 0 fully saturated rings. The maximum atomic E-state index is 13.2. The van der Waals surface area contributed by atoms with E-state index < -0.39 is 17.7 Å². The van der Waals surface area contributed by atoms with Crippen LogP contribution in [0.3, 0.4) is 0 Å². The van der Waals surface area contributed by atoms with Crippen LogP contribution in [0.25, 0.3) is 0 Å². The Morgan fingerprint density at radius 1 is 1.10 bits per heavy atom. The Kier molecular flexibility index (Phi) is 4.23. The zero-order chi connectivity index (χ0) is 15.6. The number of hydrogen-bond acceptors (Lipinski definition) is 3. The first-order chi connectivity index (χ1) is 9.88. The van der Waals surface area contributed by atoms with Gasteiger partial charge in [0.25, 0.3) is 5.91 Å². The Morgan fingerprint density at radius 2 is 1.81 bits per heavy atom. The average Bonchev–Trinajstić information content (AvgIpc) is 2.43. The van der Waals surface area contributed by atoms with Gasteiger partial charge in [-0.25, -0.2) is 9.18 Å². The molecule has 0 aromatic heterocycles. The number of hydrogen-bond donors (Lipinski definition) is 3. The summed E-state index contributed by atoms with van der Waals surface area (Å²) in [6.45, 7) is 0. The van der Waals surface area contributed by atoms with E-state index in [-0.39, 0.29) is 22.6 Å². The Morgan fingerprint density at radius 3 is 2.48 bits per heavy atom. The molecule has 0 bridgehead atoms. The van der Waals surface area contributed by atoms with Crippen molar-refractivity contribution in [1.29, 1.82) is 0 Å². The second-order valence-electron chi connectivity index (χ2n) is 4.11. The third-order valence-electron chi connectivity index (χ3n) is 2.65. The lowest BCUT2D eigenvalue weighted by Gasteiger charge is -2.10. The van der Waals surface area contributed by atoms with Crippen LogP contribution in [0.2, 0.25) is 0 Å². The molecule has 0 aliphatic carbocycles. The van der Waals surface area contributed by atoms with Crippen LogP contribution in [0.5, 0.6) is 5.75 Å². The molecule has 21 heavy (non-hydrogen) atoms. The molecule has 2 rings (SSSR count). The predicted molar refractivity (Wildman–Crippen MR) is 77.1 cm³/mol. The molecule has 0 spiro atoms. The van der Waals surface area contributed by atoms with E-state index in [4.69, 9.17) is 5.11 Å². The highest BCUT2D eigenvalue weighted by Crippen LogP contribution is 2.24. The van der Waals surface area contributed by atoms with Gasteiger partial charge >= 0.3 is 5.97 Å². The summed E-state index contributed by atoms with van der Waals surface area (Å²) in [6, 6.07) is 7.09. The molecule has 0 aliphatic heterocycles. The number of nitrogens with one attached hydrogen (secondary N) is 1. The number of amides is 1. The first-order valence-corrected chi connectivity index (χ1v) is 6.50. The van der Waals surface area contributed by atoms with Crippen LogP contribution < -0.4 is 5.32 Å². The van der Waals surface area contributed by atoms with Crippen LogP contribution in [-0.4, -0.2) is 22.1 Å². The molecule has 0 saturated heterocycles. The SMILES string of the molecule is O=C(Nc1ccc(O)cc1C(=O)O)c1cc(F)ccc1Br. The molecule has 0 saturated carbocycles. The Bertz CT molecular complexity index is 733. The zero-order valence-corrected chi connectivity index (χ0v) is 12.0. The van der Waals surface area contributed by atoms with Crippen LogP contribution in [0.1, 0.15) is 20.7 Å². The topological polar surface area (TPSA) is 86.6 Å². The molecule has 0 radical (unpaired) electrons. The Hall–Kier alpha value is -2.41. The van der Waals surface area contributed by atoms with Crippen LogP contribution >= 0.6 is 15.9 Å². The molecule has 2 aromatic rings. The van der Waals surface area contributed by atoms with Crippen molar-refractivity contribution in [2.24, 2.45) is 0 Å². The largest absolute Gasteiger partial charge is 0.508 e. The van der Waals surface area contributed by atoms with Gasteiger partial charge in [-0.3, -0.25) is 4.79 Å². The van der Waals surface area contributed by atoms with Gasteiger partial charge in [0.2, 0.25) is 0 Å². The Balaban J connectivity index is 2.36. The first kappa shape index (κ1) is 15.0. The summed E-state index contributed by atoms with van der Waals surface area (Å²) in [5.74, 6) is -2.81. The van der Waals surface area contributed by atoms with Crippen LogP contribution in [0.4, 0.5) is 10.1 Å². The van der Waals surface area contributed by atoms with E-state index in [1.807, 2.05) is 0 Å². The summed E-state index contributed by atoms with van der Waals surface area (Å²) < 4.78 is 13.6. The van der Waals surface area contributed by atoms with Gasteiger partial charge in [0.15, 0.2) is 0 Å². The fourth-order valence-corrected chi connectivity index (χ4v) is 2.11. The number of carbonyl (C=O) groups excluding carboxylic acids is 1. The summed E-state index contributed by atoms with van der Waals surface area (Å²) in [5, 5.41) is 20.7. The number of carbonyl (C=O) groups is 2. The number of carboxylic acids is 1. The highest BCUT2D eigenvalue weighted by molar-refractivity contribution is 9.10. The minimum Gasteiger partial charge on any atom is -0.508 e. The molecule has 5 nitrogen and oxygen atoms in total. The summed E-state index contributed by atoms with van der Waals surface area (Å²) in [5.41, 5.74) is -0.239. The van der Waals surface area contributed by atoms with Crippen molar-refractivity contribution in [2.75, 3.05) is 5.32 Å². The van der Waals surface area contributed by atoms with E-state index in [1.165, 1.54) is 24.3 Å². The monoisotopic (exact) mass is 353 g/mol. The molecule has 0 heterocycles. The van der Waals surface area contributed by atoms with Gasteiger partial charge in [-0.15, -0.1) is 0 Å². The number of aromatic carboxylic acids is 1. The van der Waals surface area contributed by atoms with Crippen molar-refractivity contribution < 1.29 is 24.2 Å². The van der Waals surface area contributed by atoms with Gasteiger partial charge in [-0.1, -0.05) is 0 Å². The average molecular weight is 354 g/mol. The number of anilines is 1. The van der Waals surface area contributed by atoms with Crippen molar-refractivity contribution in [3.05, 3.63) is 57.8 Å². The van der Waals surface area contributed by atoms with E-state index in [0.29, 0.717) is 4.47 Å². The molecule has 1 amide bonds. The molecule has 3 N–H and O–H groups in total. The van der Waals surface area contributed by atoms with E-state index >= 15 is 0 Å². The van der Waals surface area contributed by atoms with Crippen molar-refractivity contribution in [3.8, 4) is 5.75 Å². The van der Waals surface area contributed by atoms with E-state index in [9.17, 15) is 19.1 Å². The third kappa shape index (κ3) is 3.38. The van der Waals surface area contributed by atoms with Crippen molar-refractivity contribution >= 4 is 33.5 Å². The number of aromatic hydroxyl groups is 1. The first-order valence-electron chi connectivity index (χ1n) is 5.71. The molecule has 2 aromatic carbocycles.